The quantitative estimate of drug-likeness (QED) is 0.850. The minimum absolute atomic E-state index is 0.128. The minimum atomic E-state index is 0.128. The molecule has 4 heteroatoms. The Labute approximate surface area is 108 Å². The van der Waals surface area contributed by atoms with Crippen LogP contribution in [0.25, 0.3) is 0 Å². The Bertz CT molecular complexity index is 357. The van der Waals surface area contributed by atoms with E-state index < -0.39 is 0 Å². The molecule has 0 amide bonds. The van der Waals surface area contributed by atoms with Gasteiger partial charge in [0.05, 0.1) is 13.2 Å². The van der Waals surface area contributed by atoms with Gasteiger partial charge in [0.2, 0.25) is 0 Å². The number of ether oxygens (including phenoxy) is 2. The number of methoxy groups -OCH3 is 2. The lowest BCUT2D eigenvalue weighted by molar-refractivity contribution is 0.0855. The summed E-state index contributed by atoms with van der Waals surface area (Å²) >= 11 is 6.01. The molecule has 0 saturated carbocycles. The van der Waals surface area contributed by atoms with E-state index in [1.807, 2.05) is 32.2 Å². The first-order valence-electron chi connectivity index (χ1n) is 5.64. The zero-order valence-electron chi connectivity index (χ0n) is 10.8. The van der Waals surface area contributed by atoms with E-state index in [9.17, 15) is 0 Å². The maximum Gasteiger partial charge on any atom is 0.122 e. The number of likely N-dealkylation sites (N-methyl/N-ethyl adjacent to an activating group) is 1. The van der Waals surface area contributed by atoms with Crippen molar-refractivity contribution in [3.63, 3.8) is 0 Å². The van der Waals surface area contributed by atoms with Crippen LogP contribution in [0.1, 0.15) is 12.5 Å². The summed E-state index contributed by atoms with van der Waals surface area (Å²) in [5, 5.41) is 3.97. The van der Waals surface area contributed by atoms with E-state index in [2.05, 4.69) is 5.32 Å². The third-order valence-electron chi connectivity index (χ3n) is 2.99. The minimum Gasteiger partial charge on any atom is -0.496 e. The van der Waals surface area contributed by atoms with E-state index in [-0.39, 0.29) is 12.1 Å². The number of hydrogen-bond donors (Lipinski definition) is 1. The molecule has 2 unspecified atom stereocenters. The highest BCUT2D eigenvalue weighted by Gasteiger charge is 2.17. The first kappa shape index (κ1) is 14.3. The van der Waals surface area contributed by atoms with Gasteiger partial charge in [0.1, 0.15) is 5.75 Å². The average Bonchev–Trinajstić information content (AvgIpc) is 2.35. The molecule has 0 bridgehead atoms. The molecule has 0 fully saturated rings. The standard InChI is InChI=1S/C13H20ClNO2/c1-9(16-3)12(15-2)8-10-7-11(14)5-6-13(10)17-4/h5-7,9,12,15H,8H2,1-4H3. The summed E-state index contributed by atoms with van der Waals surface area (Å²) in [5.41, 5.74) is 1.09. The van der Waals surface area contributed by atoms with E-state index in [0.29, 0.717) is 0 Å². The van der Waals surface area contributed by atoms with Crippen molar-refractivity contribution in [1.29, 1.82) is 0 Å². The van der Waals surface area contributed by atoms with Crippen LogP contribution in [-0.2, 0) is 11.2 Å². The fourth-order valence-corrected chi connectivity index (χ4v) is 2.01. The van der Waals surface area contributed by atoms with Gasteiger partial charge in [-0.25, -0.2) is 0 Å². The van der Waals surface area contributed by atoms with Gasteiger partial charge in [-0.05, 0) is 44.2 Å². The second kappa shape index (κ2) is 6.84. The largest absolute Gasteiger partial charge is 0.496 e. The van der Waals surface area contributed by atoms with Crippen molar-refractivity contribution >= 4 is 11.6 Å². The van der Waals surface area contributed by atoms with Crippen molar-refractivity contribution in [1.82, 2.24) is 5.32 Å². The molecule has 0 aliphatic carbocycles. The lowest BCUT2D eigenvalue weighted by Crippen LogP contribution is -2.38. The first-order chi connectivity index (χ1) is 8.12. The lowest BCUT2D eigenvalue weighted by atomic mass is 10.0. The maximum absolute atomic E-state index is 6.01. The van der Waals surface area contributed by atoms with E-state index in [1.165, 1.54) is 0 Å². The third kappa shape index (κ3) is 3.87. The Morgan fingerprint density at radius 1 is 1.35 bits per heavy atom. The van der Waals surface area contributed by atoms with Crippen molar-refractivity contribution in [2.75, 3.05) is 21.3 Å². The summed E-state index contributed by atoms with van der Waals surface area (Å²) in [6, 6.07) is 5.89. The first-order valence-corrected chi connectivity index (χ1v) is 6.02. The Morgan fingerprint density at radius 2 is 2.06 bits per heavy atom. The number of benzene rings is 1. The second-order valence-corrected chi connectivity index (χ2v) is 4.43. The van der Waals surface area contributed by atoms with Gasteiger partial charge in [-0.3, -0.25) is 0 Å². The van der Waals surface area contributed by atoms with E-state index in [1.54, 1.807) is 14.2 Å². The molecule has 0 saturated heterocycles. The summed E-state index contributed by atoms with van der Waals surface area (Å²) in [5.74, 6) is 0.859. The van der Waals surface area contributed by atoms with Crippen LogP contribution in [0.4, 0.5) is 0 Å². The molecule has 0 aliphatic heterocycles. The third-order valence-corrected chi connectivity index (χ3v) is 3.23. The Hall–Kier alpha value is -0.770. The molecule has 96 valence electrons. The molecule has 1 aromatic rings. The van der Waals surface area contributed by atoms with Gasteiger partial charge in [0.15, 0.2) is 0 Å². The van der Waals surface area contributed by atoms with Gasteiger partial charge in [0.25, 0.3) is 0 Å². The summed E-state index contributed by atoms with van der Waals surface area (Å²) < 4.78 is 10.7. The van der Waals surface area contributed by atoms with Crippen molar-refractivity contribution in [3.05, 3.63) is 28.8 Å². The van der Waals surface area contributed by atoms with Crippen LogP contribution < -0.4 is 10.1 Å². The van der Waals surface area contributed by atoms with Crippen LogP contribution in [0.5, 0.6) is 5.75 Å². The van der Waals surface area contributed by atoms with Gasteiger partial charge in [-0.15, -0.1) is 0 Å². The SMILES string of the molecule is CNC(Cc1cc(Cl)ccc1OC)C(C)OC. The second-order valence-electron chi connectivity index (χ2n) is 4.00. The van der Waals surface area contributed by atoms with Crippen LogP contribution in [0.15, 0.2) is 18.2 Å². The van der Waals surface area contributed by atoms with Crippen molar-refractivity contribution < 1.29 is 9.47 Å². The Balaban J connectivity index is 2.88. The number of nitrogens with one attached hydrogen (secondary N) is 1. The Morgan fingerprint density at radius 3 is 2.59 bits per heavy atom. The molecular formula is C13H20ClNO2. The molecular weight excluding hydrogens is 238 g/mol. The maximum atomic E-state index is 6.01. The van der Waals surface area contributed by atoms with Crippen LogP contribution in [-0.4, -0.2) is 33.4 Å². The predicted octanol–water partition coefficient (Wildman–Crippen LogP) is 2.51. The smallest absolute Gasteiger partial charge is 0.122 e. The molecule has 0 spiro atoms. The predicted molar refractivity (Wildman–Crippen MR) is 71.0 cm³/mol. The highest BCUT2D eigenvalue weighted by Crippen LogP contribution is 2.24. The Kier molecular flexibility index (Phi) is 5.75. The summed E-state index contributed by atoms with van der Waals surface area (Å²) in [6.45, 7) is 2.04. The van der Waals surface area contributed by atoms with Gasteiger partial charge in [0, 0.05) is 18.2 Å². The van der Waals surface area contributed by atoms with Crippen LogP contribution in [0, 0.1) is 0 Å². The topological polar surface area (TPSA) is 30.5 Å². The molecule has 1 aromatic carbocycles. The summed E-state index contributed by atoms with van der Waals surface area (Å²) in [4.78, 5) is 0. The highest BCUT2D eigenvalue weighted by atomic mass is 35.5. The van der Waals surface area contributed by atoms with Crippen LogP contribution in [0.2, 0.25) is 5.02 Å². The fraction of sp³-hybridized carbons (Fsp3) is 0.538. The average molecular weight is 258 g/mol. The van der Waals surface area contributed by atoms with E-state index >= 15 is 0 Å². The molecule has 1 N–H and O–H groups in total. The molecule has 17 heavy (non-hydrogen) atoms. The zero-order valence-corrected chi connectivity index (χ0v) is 11.5. The number of rotatable bonds is 6. The molecule has 0 aromatic heterocycles. The molecule has 0 aliphatic rings. The van der Waals surface area contributed by atoms with Crippen molar-refractivity contribution in [2.24, 2.45) is 0 Å². The number of hydrogen-bond acceptors (Lipinski definition) is 3. The normalized spacial score (nSPS) is 14.4. The molecule has 1 rings (SSSR count). The van der Waals surface area contributed by atoms with Gasteiger partial charge in [-0.1, -0.05) is 11.6 Å². The zero-order chi connectivity index (χ0) is 12.8. The van der Waals surface area contributed by atoms with Gasteiger partial charge < -0.3 is 14.8 Å². The lowest BCUT2D eigenvalue weighted by Gasteiger charge is -2.23. The molecule has 0 radical (unpaired) electrons. The molecule has 0 heterocycles. The summed E-state index contributed by atoms with van der Waals surface area (Å²) in [7, 11) is 5.31. The summed E-state index contributed by atoms with van der Waals surface area (Å²) in [6.07, 6.45) is 0.943. The molecule has 3 nitrogen and oxygen atoms in total. The van der Waals surface area contributed by atoms with Gasteiger partial charge in [-0.2, -0.15) is 0 Å². The molecule has 2 atom stereocenters. The highest BCUT2D eigenvalue weighted by molar-refractivity contribution is 6.30. The van der Waals surface area contributed by atoms with Crippen molar-refractivity contribution in [2.45, 2.75) is 25.5 Å². The van der Waals surface area contributed by atoms with Gasteiger partial charge >= 0.3 is 0 Å². The van der Waals surface area contributed by atoms with E-state index in [0.717, 1.165) is 22.8 Å². The van der Waals surface area contributed by atoms with Crippen LogP contribution in [0.3, 0.4) is 0 Å². The fourth-order valence-electron chi connectivity index (χ4n) is 1.81. The van der Waals surface area contributed by atoms with E-state index in [4.69, 9.17) is 21.1 Å². The monoisotopic (exact) mass is 257 g/mol. The van der Waals surface area contributed by atoms with Crippen molar-refractivity contribution in [3.8, 4) is 5.75 Å². The number of halogens is 1. The van der Waals surface area contributed by atoms with Crippen LogP contribution >= 0.6 is 11.6 Å².